The zero-order valence-corrected chi connectivity index (χ0v) is 18.5. The number of methoxy groups -OCH3 is 2. The van der Waals surface area contributed by atoms with Crippen molar-refractivity contribution >= 4 is 11.6 Å². The molecule has 1 aliphatic rings. The van der Waals surface area contributed by atoms with Crippen LogP contribution >= 0.6 is 0 Å². The minimum Gasteiger partial charge on any atom is -0.493 e. The van der Waals surface area contributed by atoms with Crippen LogP contribution in [0.2, 0.25) is 0 Å². The molecule has 1 saturated heterocycles. The average molecular weight is 429 g/mol. The van der Waals surface area contributed by atoms with E-state index >= 15 is 0 Å². The molecule has 8 heteroatoms. The number of guanidine groups is 1. The van der Waals surface area contributed by atoms with Gasteiger partial charge < -0.3 is 29.6 Å². The number of anilines is 1. The summed E-state index contributed by atoms with van der Waals surface area (Å²) < 4.78 is 22.1. The van der Waals surface area contributed by atoms with Crippen molar-refractivity contribution in [3.8, 4) is 17.2 Å². The van der Waals surface area contributed by atoms with Crippen LogP contribution in [0.25, 0.3) is 0 Å². The van der Waals surface area contributed by atoms with Gasteiger partial charge in [-0.3, -0.25) is 9.89 Å². The van der Waals surface area contributed by atoms with Gasteiger partial charge in [-0.2, -0.15) is 0 Å². The minimum atomic E-state index is 0.584. The first-order valence-corrected chi connectivity index (χ1v) is 10.4. The molecule has 0 aliphatic carbocycles. The zero-order valence-electron chi connectivity index (χ0n) is 18.5. The Kier molecular flexibility index (Phi) is 8.81. The smallest absolute Gasteiger partial charge is 0.195 e. The number of nitrogens with zero attached hydrogens (tertiary/aromatic N) is 2. The van der Waals surface area contributed by atoms with Crippen molar-refractivity contribution in [2.45, 2.75) is 6.54 Å². The van der Waals surface area contributed by atoms with E-state index in [0.717, 1.165) is 49.8 Å². The fourth-order valence-electron chi connectivity index (χ4n) is 3.31. The van der Waals surface area contributed by atoms with Crippen molar-refractivity contribution in [1.29, 1.82) is 0 Å². The molecule has 1 fully saturated rings. The van der Waals surface area contributed by atoms with Crippen molar-refractivity contribution in [3.05, 3.63) is 48.0 Å². The molecule has 1 aliphatic heterocycles. The van der Waals surface area contributed by atoms with Gasteiger partial charge in [0, 0.05) is 50.5 Å². The maximum absolute atomic E-state index is 6.07. The Balaban J connectivity index is 1.54. The van der Waals surface area contributed by atoms with E-state index in [0.29, 0.717) is 30.6 Å². The third kappa shape index (κ3) is 6.77. The summed E-state index contributed by atoms with van der Waals surface area (Å²) >= 11 is 0. The molecule has 0 atom stereocenters. The van der Waals surface area contributed by atoms with Gasteiger partial charge in [-0.25, -0.2) is 0 Å². The maximum atomic E-state index is 6.07. The standard InChI is InChI=1S/C23H32N4O4/c1-24-23(26-19-8-9-21(28-2)22(16-19)29-3)25-17-18-6-4-5-7-20(18)31-15-12-27-10-13-30-14-11-27/h4-9,16H,10-15,17H2,1-3H3,(H2,24,25,26). The lowest BCUT2D eigenvalue weighted by Crippen LogP contribution is -2.38. The fraction of sp³-hybridized carbons (Fsp3) is 0.435. The van der Waals surface area contributed by atoms with E-state index in [-0.39, 0.29) is 0 Å². The van der Waals surface area contributed by atoms with Crippen molar-refractivity contribution in [1.82, 2.24) is 10.2 Å². The molecule has 1 heterocycles. The first-order valence-electron chi connectivity index (χ1n) is 10.4. The Bertz CT molecular complexity index is 853. The largest absolute Gasteiger partial charge is 0.493 e. The van der Waals surface area contributed by atoms with Crippen molar-refractivity contribution in [3.63, 3.8) is 0 Å². The third-order valence-electron chi connectivity index (χ3n) is 5.06. The zero-order chi connectivity index (χ0) is 21.9. The Morgan fingerprint density at radius 2 is 1.81 bits per heavy atom. The van der Waals surface area contributed by atoms with E-state index in [1.165, 1.54) is 0 Å². The summed E-state index contributed by atoms with van der Waals surface area (Å²) in [6, 6.07) is 13.7. The number of aliphatic imine (C=N–C) groups is 1. The van der Waals surface area contributed by atoms with Gasteiger partial charge in [-0.15, -0.1) is 0 Å². The second-order valence-corrected chi connectivity index (χ2v) is 7.03. The van der Waals surface area contributed by atoms with Gasteiger partial charge in [-0.05, 0) is 18.2 Å². The van der Waals surface area contributed by atoms with Crippen LogP contribution in [0.4, 0.5) is 5.69 Å². The van der Waals surface area contributed by atoms with Crippen LogP contribution in [-0.4, -0.2) is 71.6 Å². The van der Waals surface area contributed by atoms with E-state index in [9.17, 15) is 0 Å². The Morgan fingerprint density at radius 3 is 2.55 bits per heavy atom. The van der Waals surface area contributed by atoms with E-state index in [2.05, 4.69) is 26.6 Å². The molecule has 168 valence electrons. The number of morpholine rings is 1. The van der Waals surface area contributed by atoms with Gasteiger partial charge in [0.2, 0.25) is 0 Å². The molecule has 0 unspecified atom stereocenters. The Morgan fingerprint density at radius 1 is 1.03 bits per heavy atom. The number of benzene rings is 2. The first-order chi connectivity index (χ1) is 15.2. The van der Waals surface area contributed by atoms with Crippen LogP contribution in [0.1, 0.15) is 5.56 Å². The molecule has 3 rings (SSSR count). The van der Waals surface area contributed by atoms with Crippen molar-refractivity contribution in [2.24, 2.45) is 4.99 Å². The number of para-hydroxylation sites is 1. The lowest BCUT2D eigenvalue weighted by Gasteiger charge is -2.26. The molecule has 2 aromatic carbocycles. The molecule has 0 saturated carbocycles. The topological polar surface area (TPSA) is 76.6 Å². The lowest BCUT2D eigenvalue weighted by molar-refractivity contribution is 0.0322. The summed E-state index contributed by atoms with van der Waals surface area (Å²) in [5.74, 6) is 2.86. The van der Waals surface area contributed by atoms with E-state index in [1.807, 2.05) is 36.4 Å². The second kappa shape index (κ2) is 12.0. The summed E-state index contributed by atoms with van der Waals surface area (Å²) in [6.07, 6.45) is 0. The second-order valence-electron chi connectivity index (χ2n) is 7.03. The van der Waals surface area contributed by atoms with Gasteiger partial charge >= 0.3 is 0 Å². The highest BCUT2D eigenvalue weighted by atomic mass is 16.5. The molecule has 0 bridgehead atoms. The van der Waals surface area contributed by atoms with E-state index < -0.39 is 0 Å². The Labute approximate surface area is 184 Å². The number of ether oxygens (including phenoxy) is 4. The van der Waals surface area contributed by atoms with Gasteiger partial charge in [0.15, 0.2) is 17.5 Å². The number of nitrogens with one attached hydrogen (secondary N) is 2. The minimum absolute atomic E-state index is 0.584. The molecule has 0 spiro atoms. The summed E-state index contributed by atoms with van der Waals surface area (Å²) in [5.41, 5.74) is 1.92. The molecule has 0 aromatic heterocycles. The molecule has 2 N–H and O–H groups in total. The highest BCUT2D eigenvalue weighted by Gasteiger charge is 2.11. The monoisotopic (exact) mass is 428 g/mol. The van der Waals surface area contributed by atoms with Crippen LogP contribution in [0.3, 0.4) is 0 Å². The molecule has 0 amide bonds. The van der Waals surface area contributed by atoms with Crippen molar-refractivity contribution in [2.75, 3.05) is 66.0 Å². The van der Waals surface area contributed by atoms with Gasteiger partial charge in [0.1, 0.15) is 12.4 Å². The molecule has 0 radical (unpaired) electrons. The van der Waals surface area contributed by atoms with E-state index in [1.54, 1.807) is 21.3 Å². The van der Waals surface area contributed by atoms with Crippen LogP contribution in [0.5, 0.6) is 17.2 Å². The Hall–Kier alpha value is -2.97. The molecular formula is C23H32N4O4. The summed E-state index contributed by atoms with van der Waals surface area (Å²) in [4.78, 5) is 6.67. The average Bonchev–Trinajstić information content (AvgIpc) is 2.83. The maximum Gasteiger partial charge on any atom is 0.195 e. The highest BCUT2D eigenvalue weighted by Crippen LogP contribution is 2.29. The van der Waals surface area contributed by atoms with Crippen molar-refractivity contribution < 1.29 is 18.9 Å². The number of hydrogen-bond donors (Lipinski definition) is 2. The molecule has 8 nitrogen and oxygen atoms in total. The molecule has 2 aromatic rings. The summed E-state index contributed by atoms with van der Waals surface area (Å²) in [5, 5.41) is 6.61. The van der Waals surface area contributed by atoms with Crippen LogP contribution in [0.15, 0.2) is 47.5 Å². The van der Waals surface area contributed by atoms with E-state index in [4.69, 9.17) is 18.9 Å². The van der Waals surface area contributed by atoms with Crippen LogP contribution in [0, 0.1) is 0 Å². The molecule has 31 heavy (non-hydrogen) atoms. The summed E-state index contributed by atoms with van der Waals surface area (Å²) in [6.45, 7) is 5.65. The van der Waals surface area contributed by atoms with Gasteiger partial charge in [-0.1, -0.05) is 18.2 Å². The lowest BCUT2D eigenvalue weighted by atomic mass is 10.2. The normalized spacial score (nSPS) is 14.7. The van der Waals surface area contributed by atoms with Crippen LogP contribution in [-0.2, 0) is 11.3 Å². The quantitative estimate of drug-likeness (QED) is 0.470. The van der Waals surface area contributed by atoms with Gasteiger partial charge in [0.05, 0.1) is 27.4 Å². The predicted molar refractivity (Wildman–Crippen MR) is 123 cm³/mol. The number of hydrogen-bond acceptors (Lipinski definition) is 6. The van der Waals surface area contributed by atoms with Crippen LogP contribution < -0.4 is 24.8 Å². The predicted octanol–water partition coefficient (Wildman–Crippen LogP) is 2.60. The highest BCUT2D eigenvalue weighted by molar-refractivity contribution is 5.93. The SMILES string of the molecule is CN=C(NCc1ccccc1OCCN1CCOCC1)Nc1ccc(OC)c(OC)c1. The fourth-order valence-corrected chi connectivity index (χ4v) is 3.31. The van der Waals surface area contributed by atoms with Gasteiger partial charge in [0.25, 0.3) is 0 Å². The molecular weight excluding hydrogens is 396 g/mol. The third-order valence-corrected chi connectivity index (χ3v) is 5.06. The first kappa shape index (κ1) is 22.7. The summed E-state index contributed by atoms with van der Waals surface area (Å²) in [7, 11) is 4.97. The number of rotatable bonds is 9.